The van der Waals surface area contributed by atoms with Crippen LogP contribution in [0, 0.1) is 26.6 Å². The summed E-state index contributed by atoms with van der Waals surface area (Å²) in [5.41, 5.74) is 3.88. The lowest BCUT2D eigenvalue weighted by Gasteiger charge is -2.13. The van der Waals surface area contributed by atoms with Crippen molar-refractivity contribution < 1.29 is 18.7 Å². The smallest absolute Gasteiger partial charge is 0.243 e. The molecule has 0 aliphatic heterocycles. The van der Waals surface area contributed by atoms with Gasteiger partial charge in [-0.25, -0.2) is 4.39 Å². The predicted octanol–water partition coefficient (Wildman–Crippen LogP) is 3.66. The molecule has 0 bridgehead atoms. The number of nitrogens with one attached hydrogen (secondary N) is 2. The molecule has 27 heavy (non-hydrogen) atoms. The lowest BCUT2D eigenvalue weighted by Crippen LogP contribution is -2.33. The Labute approximate surface area is 158 Å². The number of anilines is 1. The van der Waals surface area contributed by atoms with Crippen LogP contribution in [0.2, 0.25) is 0 Å². The third-order valence-corrected chi connectivity index (χ3v) is 4.03. The van der Waals surface area contributed by atoms with Gasteiger partial charge in [-0.2, -0.15) is 0 Å². The van der Waals surface area contributed by atoms with Gasteiger partial charge in [-0.05, 0) is 50.5 Å². The van der Waals surface area contributed by atoms with Crippen molar-refractivity contribution in [1.29, 1.82) is 0 Å². The van der Waals surface area contributed by atoms with E-state index in [1.54, 1.807) is 12.1 Å². The van der Waals surface area contributed by atoms with Crippen LogP contribution in [0.1, 0.15) is 29.5 Å². The zero-order valence-corrected chi connectivity index (χ0v) is 15.9. The van der Waals surface area contributed by atoms with Crippen LogP contribution in [-0.2, 0) is 9.59 Å². The van der Waals surface area contributed by atoms with E-state index < -0.39 is 5.82 Å². The first-order valence-electron chi connectivity index (χ1n) is 8.88. The molecule has 0 saturated carbocycles. The van der Waals surface area contributed by atoms with Crippen molar-refractivity contribution in [2.75, 3.05) is 18.5 Å². The van der Waals surface area contributed by atoms with E-state index in [4.69, 9.17) is 4.74 Å². The number of carbonyl (C=O) groups is 2. The molecule has 6 heteroatoms. The quantitative estimate of drug-likeness (QED) is 0.695. The van der Waals surface area contributed by atoms with Crippen LogP contribution in [-0.4, -0.2) is 25.0 Å². The fourth-order valence-electron chi connectivity index (χ4n) is 2.80. The van der Waals surface area contributed by atoms with Crippen molar-refractivity contribution >= 4 is 17.5 Å². The molecule has 2 aromatic carbocycles. The summed E-state index contributed by atoms with van der Waals surface area (Å²) in [5.74, 6) is -0.790. The summed E-state index contributed by atoms with van der Waals surface area (Å²) in [7, 11) is 0. The Morgan fingerprint density at radius 3 is 2.37 bits per heavy atom. The Morgan fingerprint density at radius 2 is 1.70 bits per heavy atom. The van der Waals surface area contributed by atoms with E-state index >= 15 is 0 Å². The lowest BCUT2D eigenvalue weighted by atomic mass is 10.1. The maximum atomic E-state index is 13.4. The van der Waals surface area contributed by atoms with Gasteiger partial charge >= 0.3 is 0 Å². The normalized spacial score (nSPS) is 10.4. The SMILES string of the molecule is Cc1cc(C)c(NC(=O)CNC(=O)CCCOc2ccccc2F)c(C)c1. The van der Waals surface area contributed by atoms with Gasteiger partial charge in [-0.15, -0.1) is 0 Å². The Bertz CT molecular complexity index is 798. The fourth-order valence-corrected chi connectivity index (χ4v) is 2.80. The summed E-state index contributed by atoms with van der Waals surface area (Å²) in [5, 5.41) is 5.42. The molecule has 0 atom stereocenters. The minimum atomic E-state index is -0.430. The van der Waals surface area contributed by atoms with Gasteiger partial charge in [0.2, 0.25) is 11.8 Å². The maximum absolute atomic E-state index is 13.4. The molecule has 2 aromatic rings. The van der Waals surface area contributed by atoms with E-state index in [0.29, 0.717) is 6.42 Å². The first kappa shape index (κ1) is 20.4. The number of carbonyl (C=O) groups excluding carboxylic acids is 2. The van der Waals surface area contributed by atoms with Gasteiger partial charge in [0.15, 0.2) is 11.6 Å². The molecule has 0 saturated heterocycles. The molecule has 0 aliphatic rings. The second kappa shape index (κ2) is 9.71. The van der Waals surface area contributed by atoms with Gasteiger partial charge in [0, 0.05) is 12.1 Å². The number of halogens is 1. The molecule has 144 valence electrons. The highest BCUT2D eigenvalue weighted by atomic mass is 19.1. The average molecular weight is 372 g/mol. The molecule has 2 rings (SSSR count). The molecule has 0 aromatic heterocycles. The second-order valence-corrected chi connectivity index (χ2v) is 6.48. The zero-order chi connectivity index (χ0) is 19.8. The minimum absolute atomic E-state index is 0.0975. The third-order valence-electron chi connectivity index (χ3n) is 4.03. The monoisotopic (exact) mass is 372 g/mol. The topological polar surface area (TPSA) is 67.4 Å². The van der Waals surface area contributed by atoms with Crippen LogP contribution in [0.15, 0.2) is 36.4 Å². The number of aryl methyl sites for hydroxylation is 3. The molecule has 0 aliphatic carbocycles. The van der Waals surface area contributed by atoms with Crippen LogP contribution in [0.25, 0.3) is 0 Å². The highest BCUT2D eigenvalue weighted by Crippen LogP contribution is 2.21. The van der Waals surface area contributed by atoms with Gasteiger partial charge in [0.05, 0.1) is 13.2 Å². The molecule has 0 spiro atoms. The average Bonchev–Trinajstić information content (AvgIpc) is 2.61. The van der Waals surface area contributed by atoms with Gasteiger partial charge in [0.25, 0.3) is 0 Å². The molecule has 0 radical (unpaired) electrons. The van der Waals surface area contributed by atoms with E-state index in [2.05, 4.69) is 10.6 Å². The number of rotatable bonds is 8. The Morgan fingerprint density at radius 1 is 1.04 bits per heavy atom. The first-order valence-corrected chi connectivity index (χ1v) is 8.88. The highest BCUT2D eigenvalue weighted by molar-refractivity contribution is 5.95. The van der Waals surface area contributed by atoms with Crippen molar-refractivity contribution in [3.05, 3.63) is 58.9 Å². The summed E-state index contributed by atoms with van der Waals surface area (Å²) < 4.78 is 18.7. The number of benzene rings is 2. The Balaban J connectivity index is 1.69. The molecule has 5 nitrogen and oxygen atoms in total. The number of para-hydroxylation sites is 1. The molecule has 0 heterocycles. The summed E-state index contributed by atoms with van der Waals surface area (Å²) >= 11 is 0. The van der Waals surface area contributed by atoms with E-state index in [1.807, 2.05) is 32.9 Å². The first-order chi connectivity index (χ1) is 12.9. The fraction of sp³-hybridized carbons (Fsp3) is 0.333. The Hall–Kier alpha value is -2.89. The standard InChI is InChI=1S/C21H25FN2O3/c1-14-11-15(2)21(16(3)12-14)24-20(26)13-23-19(25)9-6-10-27-18-8-5-4-7-17(18)22/h4-5,7-8,11-12H,6,9-10,13H2,1-3H3,(H,23,25)(H,24,26). The van der Waals surface area contributed by atoms with Crippen LogP contribution < -0.4 is 15.4 Å². The Kier molecular flexibility index (Phi) is 7.34. The van der Waals surface area contributed by atoms with Crippen LogP contribution in [0.3, 0.4) is 0 Å². The summed E-state index contributed by atoms with van der Waals surface area (Å²) in [6.45, 7) is 6.00. The predicted molar refractivity (Wildman–Crippen MR) is 103 cm³/mol. The third kappa shape index (κ3) is 6.40. The number of hydrogen-bond donors (Lipinski definition) is 2. The van der Waals surface area contributed by atoms with E-state index in [0.717, 1.165) is 22.4 Å². The molecule has 2 amide bonds. The second-order valence-electron chi connectivity index (χ2n) is 6.48. The van der Waals surface area contributed by atoms with Crippen LogP contribution in [0.4, 0.5) is 10.1 Å². The van der Waals surface area contributed by atoms with Crippen molar-refractivity contribution in [3.8, 4) is 5.75 Å². The summed E-state index contributed by atoms with van der Waals surface area (Å²) in [6, 6.07) is 10.1. The molecular formula is C21H25FN2O3. The molecule has 0 unspecified atom stereocenters. The van der Waals surface area contributed by atoms with E-state index in [-0.39, 0.29) is 37.1 Å². The van der Waals surface area contributed by atoms with Gasteiger partial charge in [0.1, 0.15) is 0 Å². The van der Waals surface area contributed by atoms with Gasteiger partial charge in [-0.3, -0.25) is 9.59 Å². The number of amides is 2. The number of hydrogen-bond acceptors (Lipinski definition) is 3. The van der Waals surface area contributed by atoms with Crippen molar-refractivity contribution in [2.45, 2.75) is 33.6 Å². The largest absolute Gasteiger partial charge is 0.491 e. The zero-order valence-electron chi connectivity index (χ0n) is 15.9. The van der Waals surface area contributed by atoms with Crippen molar-refractivity contribution in [2.24, 2.45) is 0 Å². The van der Waals surface area contributed by atoms with Crippen molar-refractivity contribution in [1.82, 2.24) is 5.32 Å². The summed E-state index contributed by atoms with van der Waals surface area (Å²) in [4.78, 5) is 23.9. The van der Waals surface area contributed by atoms with Gasteiger partial charge in [-0.1, -0.05) is 29.8 Å². The van der Waals surface area contributed by atoms with E-state index in [1.165, 1.54) is 12.1 Å². The van der Waals surface area contributed by atoms with Crippen molar-refractivity contribution in [3.63, 3.8) is 0 Å². The highest BCUT2D eigenvalue weighted by Gasteiger charge is 2.10. The molecule has 0 fully saturated rings. The maximum Gasteiger partial charge on any atom is 0.243 e. The van der Waals surface area contributed by atoms with E-state index in [9.17, 15) is 14.0 Å². The minimum Gasteiger partial charge on any atom is -0.491 e. The van der Waals surface area contributed by atoms with Gasteiger partial charge < -0.3 is 15.4 Å². The summed E-state index contributed by atoms with van der Waals surface area (Å²) in [6.07, 6.45) is 0.627. The van der Waals surface area contributed by atoms with Crippen LogP contribution >= 0.6 is 0 Å². The molecule has 2 N–H and O–H groups in total. The molecular weight excluding hydrogens is 347 g/mol. The number of ether oxygens (including phenoxy) is 1. The van der Waals surface area contributed by atoms with Crippen LogP contribution in [0.5, 0.6) is 5.75 Å². The lowest BCUT2D eigenvalue weighted by molar-refractivity contribution is -0.124.